The lowest BCUT2D eigenvalue weighted by Crippen LogP contribution is -2.17. The number of esters is 1. The summed E-state index contributed by atoms with van der Waals surface area (Å²) in [5.41, 5.74) is 1.95. The fourth-order valence-electron chi connectivity index (χ4n) is 1.57. The molecule has 1 N–H and O–H groups in total. The van der Waals surface area contributed by atoms with E-state index in [1.54, 1.807) is 6.08 Å². The Morgan fingerprint density at radius 2 is 2.11 bits per heavy atom. The van der Waals surface area contributed by atoms with Crippen LogP contribution in [0.1, 0.15) is 25.5 Å². The molecule has 0 amide bonds. The summed E-state index contributed by atoms with van der Waals surface area (Å²) in [5.74, 6) is -0.361. The summed E-state index contributed by atoms with van der Waals surface area (Å²) in [6.45, 7) is 7.60. The van der Waals surface area contributed by atoms with E-state index in [2.05, 4.69) is 11.9 Å². The predicted octanol–water partition coefficient (Wildman–Crippen LogP) is 2.97. The molecule has 0 aliphatic carbocycles. The Bertz CT molecular complexity index is 423. The molecule has 3 nitrogen and oxygen atoms in total. The second-order valence-corrected chi connectivity index (χ2v) is 4.02. The molecule has 0 saturated carbocycles. The monoisotopic (exact) mass is 245 g/mol. The molecule has 0 aliphatic rings. The van der Waals surface area contributed by atoms with Gasteiger partial charge in [0.05, 0.1) is 0 Å². The minimum atomic E-state index is -0.361. The molecule has 3 heteroatoms. The highest BCUT2D eigenvalue weighted by molar-refractivity contribution is 5.82. The first-order valence-corrected chi connectivity index (χ1v) is 5.91. The summed E-state index contributed by atoms with van der Waals surface area (Å²) in [7, 11) is 0. The maximum atomic E-state index is 11.3. The van der Waals surface area contributed by atoms with E-state index < -0.39 is 0 Å². The van der Waals surface area contributed by atoms with Gasteiger partial charge in [0, 0.05) is 17.8 Å². The zero-order valence-electron chi connectivity index (χ0n) is 10.8. The zero-order valence-corrected chi connectivity index (χ0v) is 10.8. The fourth-order valence-corrected chi connectivity index (χ4v) is 1.57. The van der Waals surface area contributed by atoms with Crippen LogP contribution in [0.2, 0.25) is 0 Å². The molecule has 96 valence electrons. The van der Waals surface area contributed by atoms with Crippen LogP contribution in [0.15, 0.2) is 54.8 Å². The number of rotatable bonds is 6. The minimum absolute atomic E-state index is 0.148. The molecule has 0 aliphatic heterocycles. The van der Waals surface area contributed by atoms with Gasteiger partial charge in [-0.2, -0.15) is 0 Å². The SMILES string of the molecule is C=CCOC(=O)C=C(C)NC(C)c1ccccc1. The highest BCUT2D eigenvalue weighted by atomic mass is 16.5. The van der Waals surface area contributed by atoms with Gasteiger partial charge in [0.1, 0.15) is 6.61 Å². The van der Waals surface area contributed by atoms with Gasteiger partial charge in [-0.15, -0.1) is 0 Å². The minimum Gasteiger partial charge on any atom is -0.458 e. The van der Waals surface area contributed by atoms with E-state index in [-0.39, 0.29) is 18.6 Å². The van der Waals surface area contributed by atoms with Crippen molar-refractivity contribution in [3.8, 4) is 0 Å². The molecule has 1 unspecified atom stereocenters. The Kier molecular flexibility index (Phi) is 5.71. The topological polar surface area (TPSA) is 38.3 Å². The standard InChI is InChI=1S/C15H19NO2/c1-4-10-18-15(17)11-12(2)16-13(3)14-8-6-5-7-9-14/h4-9,11,13,16H,1,10H2,2-3H3. The Morgan fingerprint density at radius 3 is 2.72 bits per heavy atom. The summed E-state index contributed by atoms with van der Waals surface area (Å²) in [5, 5.41) is 3.24. The lowest BCUT2D eigenvalue weighted by molar-refractivity contribution is -0.136. The number of hydrogen-bond acceptors (Lipinski definition) is 3. The van der Waals surface area contributed by atoms with Crippen LogP contribution in [0.3, 0.4) is 0 Å². The van der Waals surface area contributed by atoms with Crippen molar-refractivity contribution >= 4 is 5.97 Å². The number of allylic oxidation sites excluding steroid dienone is 1. The maximum absolute atomic E-state index is 11.3. The second-order valence-electron chi connectivity index (χ2n) is 4.02. The number of nitrogens with one attached hydrogen (secondary N) is 1. The van der Waals surface area contributed by atoms with Crippen molar-refractivity contribution in [2.45, 2.75) is 19.9 Å². The summed E-state index contributed by atoms with van der Waals surface area (Å²) in [6, 6.07) is 10.2. The molecule has 1 aromatic carbocycles. The van der Waals surface area contributed by atoms with Gasteiger partial charge >= 0.3 is 5.97 Å². The average Bonchev–Trinajstić information content (AvgIpc) is 2.37. The lowest BCUT2D eigenvalue weighted by Gasteiger charge is -2.15. The summed E-state index contributed by atoms with van der Waals surface area (Å²) in [6.07, 6.45) is 2.99. The van der Waals surface area contributed by atoms with Gasteiger partial charge < -0.3 is 10.1 Å². The van der Waals surface area contributed by atoms with E-state index in [4.69, 9.17) is 4.74 Å². The largest absolute Gasteiger partial charge is 0.458 e. The number of ether oxygens (including phenoxy) is 1. The number of carbonyl (C=O) groups excluding carboxylic acids is 1. The first-order valence-electron chi connectivity index (χ1n) is 5.91. The highest BCUT2D eigenvalue weighted by Gasteiger charge is 2.05. The lowest BCUT2D eigenvalue weighted by atomic mass is 10.1. The molecule has 1 aromatic rings. The van der Waals surface area contributed by atoms with Gasteiger partial charge in [0.15, 0.2) is 0 Å². The molecule has 0 spiro atoms. The zero-order chi connectivity index (χ0) is 13.4. The van der Waals surface area contributed by atoms with Gasteiger partial charge in [-0.05, 0) is 19.4 Å². The van der Waals surface area contributed by atoms with Crippen LogP contribution in [0, 0.1) is 0 Å². The molecule has 0 saturated heterocycles. The van der Waals surface area contributed by atoms with Crippen LogP contribution < -0.4 is 5.32 Å². The molecule has 18 heavy (non-hydrogen) atoms. The second kappa shape index (κ2) is 7.33. The highest BCUT2D eigenvalue weighted by Crippen LogP contribution is 2.12. The van der Waals surface area contributed by atoms with E-state index in [0.717, 1.165) is 5.70 Å². The average molecular weight is 245 g/mol. The fraction of sp³-hybridized carbons (Fsp3) is 0.267. The third-order valence-corrected chi connectivity index (χ3v) is 2.42. The molecule has 0 aromatic heterocycles. The van der Waals surface area contributed by atoms with Crippen molar-refractivity contribution in [3.63, 3.8) is 0 Å². The molecule has 1 atom stereocenters. The van der Waals surface area contributed by atoms with E-state index >= 15 is 0 Å². The smallest absolute Gasteiger partial charge is 0.332 e. The molecule has 0 bridgehead atoms. The number of carbonyl (C=O) groups is 1. The van der Waals surface area contributed by atoms with Crippen molar-refractivity contribution in [3.05, 3.63) is 60.3 Å². The van der Waals surface area contributed by atoms with Crippen molar-refractivity contribution < 1.29 is 9.53 Å². The van der Waals surface area contributed by atoms with Crippen LogP contribution in [-0.4, -0.2) is 12.6 Å². The van der Waals surface area contributed by atoms with Gasteiger partial charge in [0.25, 0.3) is 0 Å². The Balaban J connectivity index is 2.53. The van der Waals surface area contributed by atoms with Crippen molar-refractivity contribution in [2.24, 2.45) is 0 Å². The predicted molar refractivity (Wildman–Crippen MR) is 72.9 cm³/mol. The van der Waals surface area contributed by atoms with Crippen LogP contribution in [0.5, 0.6) is 0 Å². The van der Waals surface area contributed by atoms with E-state index in [1.165, 1.54) is 11.6 Å². The molecule has 0 heterocycles. The van der Waals surface area contributed by atoms with Gasteiger partial charge in [-0.1, -0.05) is 43.0 Å². The van der Waals surface area contributed by atoms with Crippen molar-refractivity contribution in [2.75, 3.05) is 6.61 Å². The Morgan fingerprint density at radius 1 is 1.44 bits per heavy atom. The molecule has 0 radical (unpaired) electrons. The van der Waals surface area contributed by atoms with Gasteiger partial charge in [0.2, 0.25) is 0 Å². The van der Waals surface area contributed by atoms with E-state index in [9.17, 15) is 4.79 Å². The summed E-state index contributed by atoms with van der Waals surface area (Å²) < 4.78 is 4.88. The molecule has 1 rings (SSSR count). The number of benzene rings is 1. The maximum Gasteiger partial charge on any atom is 0.332 e. The first kappa shape index (κ1) is 14.0. The van der Waals surface area contributed by atoms with Crippen LogP contribution in [0.4, 0.5) is 0 Å². The Labute approximate surface area is 108 Å². The quantitative estimate of drug-likeness (QED) is 0.475. The first-order chi connectivity index (χ1) is 8.63. The van der Waals surface area contributed by atoms with Crippen LogP contribution in [-0.2, 0) is 9.53 Å². The number of hydrogen-bond donors (Lipinski definition) is 1. The van der Waals surface area contributed by atoms with Crippen molar-refractivity contribution in [1.82, 2.24) is 5.32 Å². The molecule has 0 fully saturated rings. The third kappa shape index (κ3) is 4.87. The van der Waals surface area contributed by atoms with E-state index in [1.807, 2.05) is 44.2 Å². The van der Waals surface area contributed by atoms with Gasteiger partial charge in [-0.25, -0.2) is 4.79 Å². The summed E-state index contributed by atoms with van der Waals surface area (Å²) >= 11 is 0. The third-order valence-electron chi connectivity index (χ3n) is 2.42. The van der Waals surface area contributed by atoms with Crippen molar-refractivity contribution in [1.29, 1.82) is 0 Å². The molecular formula is C15H19NO2. The summed E-state index contributed by atoms with van der Waals surface area (Å²) in [4.78, 5) is 11.3. The van der Waals surface area contributed by atoms with E-state index in [0.29, 0.717) is 0 Å². The molecular weight excluding hydrogens is 226 g/mol. The van der Waals surface area contributed by atoms with Crippen LogP contribution >= 0.6 is 0 Å². The normalized spacial score (nSPS) is 12.7. The van der Waals surface area contributed by atoms with Crippen LogP contribution in [0.25, 0.3) is 0 Å². The van der Waals surface area contributed by atoms with Gasteiger partial charge in [-0.3, -0.25) is 0 Å². The Hall–Kier alpha value is -2.03.